The van der Waals surface area contributed by atoms with Crippen molar-refractivity contribution < 1.29 is 9.47 Å². The number of aromatic nitrogens is 2. The van der Waals surface area contributed by atoms with Gasteiger partial charge in [0.25, 0.3) is 5.56 Å². The van der Waals surface area contributed by atoms with Crippen molar-refractivity contribution in [3.8, 4) is 11.5 Å². The Morgan fingerprint density at radius 2 is 2.00 bits per heavy atom. The summed E-state index contributed by atoms with van der Waals surface area (Å²) in [6.45, 7) is 8.40. The molecule has 0 saturated heterocycles. The highest BCUT2D eigenvalue weighted by Gasteiger charge is 2.23. The average Bonchev–Trinajstić information content (AvgIpc) is 2.67. The zero-order valence-electron chi connectivity index (χ0n) is 17.2. The predicted octanol–water partition coefficient (Wildman–Crippen LogP) is 4.75. The summed E-state index contributed by atoms with van der Waals surface area (Å²) in [4.78, 5) is 18.0. The second kappa shape index (κ2) is 8.37. The molecule has 0 radical (unpaired) electrons. The van der Waals surface area contributed by atoms with Crippen LogP contribution in [0.25, 0.3) is 10.9 Å². The molecule has 0 aliphatic heterocycles. The van der Waals surface area contributed by atoms with Crippen LogP contribution in [0.3, 0.4) is 0 Å². The molecule has 3 rings (SSSR count). The fourth-order valence-corrected chi connectivity index (χ4v) is 3.32. The molecule has 0 spiro atoms. The van der Waals surface area contributed by atoms with Crippen molar-refractivity contribution in [1.29, 1.82) is 0 Å². The van der Waals surface area contributed by atoms with E-state index in [1.165, 1.54) is 4.68 Å². The summed E-state index contributed by atoms with van der Waals surface area (Å²) in [6, 6.07) is 11.0. The lowest BCUT2D eigenvalue weighted by Crippen LogP contribution is -2.29. The first-order valence-corrected chi connectivity index (χ1v) is 10.1. The lowest BCUT2D eigenvalue weighted by Gasteiger charge is -2.21. The second-order valence-electron chi connectivity index (χ2n) is 7.52. The van der Waals surface area contributed by atoms with Crippen molar-refractivity contribution >= 4 is 33.0 Å². The molecule has 0 aliphatic rings. The Morgan fingerprint density at radius 3 is 2.66 bits per heavy atom. The third kappa shape index (κ3) is 4.34. The van der Waals surface area contributed by atoms with E-state index in [0.717, 1.165) is 4.47 Å². The van der Waals surface area contributed by atoms with E-state index in [-0.39, 0.29) is 11.0 Å². The van der Waals surface area contributed by atoms with E-state index in [1.807, 2.05) is 58.0 Å². The number of hydrogen-bond acceptors (Lipinski definition) is 5. The first-order valence-electron chi connectivity index (χ1n) is 9.33. The molecule has 152 valence electrons. The fraction of sp³-hybridized carbons (Fsp3) is 0.318. The molecule has 29 heavy (non-hydrogen) atoms. The van der Waals surface area contributed by atoms with E-state index in [2.05, 4.69) is 21.0 Å². The summed E-state index contributed by atoms with van der Waals surface area (Å²) in [5.41, 5.74) is 0.756. The maximum absolute atomic E-state index is 13.2. The Labute approximate surface area is 178 Å². The van der Waals surface area contributed by atoms with Gasteiger partial charge in [-0.2, -0.15) is 9.78 Å². The van der Waals surface area contributed by atoms with Gasteiger partial charge >= 0.3 is 0 Å². The van der Waals surface area contributed by atoms with Gasteiger partial charge in [0.15, 0.2) is 11.5 Å². The van der Waals surface area contributed by atoms with Gasteiger partial charge in [0.1, 0.15) is 5.82 Å². The van der Waals surface area contributed by atoms with Crippen molar-refractivity contribution in [1.82, 2.24) is 9.66 Å². The number of ether oxygens (including phenoxy) is 2. The quantitative estimate of drug-likeness (QED) is 0.518. The molecule has 0 saturated carbocycles. The van der Waals surface area contributed by atoms with Gasteiger partial charge in [0.05, 0.1) is 30.8 Å². The Balaban J connectivity index is 2.22. The Bertz CT molecular complexity index is 1130. The van der Waals surface area contributed by atoms with Crippen LogP contribution in [0.5, 0.6) is 11.5 Å². The van der Waals surface area contributed by atoms with Gasteiger partial charge < -0.3 is 9.47 Å². The monoisotopic (exact) mass is 457 g/mol. The summed E-state index contributed by atoms with van der Waals surface area (Å²) in [6.07, 6.45) is 1.61. The van der Waals surface area contributed by atoms with Crippen molar-refractivity contribution in [2.45, 2.75) is 33.1 Å². The minimum absolute atomic E-state index is 0.224. The van der Waals surface area contributed by atoms with Crippen LogP contribution in [0.2, 0.25) is 0 Å². The van der Waals surface area contributed by atoms with Crippen LogP contribution in [0.1, 0.15) is 39.1 Å². The summed E-state index contributed by atoms with van der Waals surface area (Å²) < 4.78 is 13.3. The number of nitrogens with zero attached hydrogens (tertiary/aromatic N) is 3. The number of halogens is 1. The molecule has 1 heterocycles. The number of hydrogen-bond donors (Lipinski definition) is 0. The number of para-hydroxylation sites is 1. The van der Waals surface area contributed by atoms with E-state index in [9.17, 15) is 4.79 Å². The molecule has 1 aromatic heterocycles. The molecule has 2 aromatic carbocycles. The molecule has 0 amide bonds. The zero-order valence-corrected chi connectivity index (χ0v) is 18.8. The number of fused-ring (bicyclic) bond motifs is 1. The largest absolute Gasteiger partial charge is 0.493 e. The van der Waals surface area contributed by atoms with Crippen molar-refractivity contribution in [2.75, 3.05) is 13.7 Å². The van der Waals surface area contributed by atoms with Crippen LogP contribution in [0.15, 0.2) is 50.8 Å². The molecule has 0 unspecified atom stereocenters. The highest BCUT2D eigenvalue weighted by molar-refractivity contribution is 9.10. The molecule has 0 N–H and O–H groups in total. The number of benzene rings is 2. The first-order chi connectivity index (χ1) is 13.8. The van der Waals surface area contributed by atoms with Gasteiger partial charge in [-0.15, -0.1) is 0 Å². The van der Waals surface area contributed by atoms with Gasteiger partial charge in [0, 0.05) is 15.5 Å². The molecular weight excluding hydrogens is 434 g/mol. The Kier molecular flexibility index (Phi) is 6.07. The Hall–Kier alpha value is -2.67. The minimum Gasteiger partial charge on any atom is -0.493 e. The molecule has 0 bridgehead atoms. The van der Waals surface area contributed by atoms with E-state index in [1.54, 1.807) is 19.4 Å². The van der Waals surface area contributed by atoms with Crippen molar-refractivity contribution in [2.24, 2.45) is 5.10 Å². The minimum atomic E-state index is -0.380. The number of rotatable bonds is 5. The maximum Gasteiger partial charge on any atom is 0.282 e. The lowest BCUT2D eigenvalue weighted by atomic mass is 9.95. The third-order valence-corrected chi connectivity index (χ3v) is 4.80. The van der Waals surface area contributed by atoms with E-state index >= 15 is 0 Å². The standard InChI is InChI=1S/C22H24BrN3O3/c1-6-29-19-14(8-7-9-18(19)28-5)13-24-26-20(27)16-12-15(23)10-11-17(16)25-21(26)22(2,3)4/h7-13H,6H2,1-5H3. The molecular formula is C22H24BrN3O3. The second-order valence-corrected chi connectivity index (χ2v) is 8.44. The predicted molar refractivity (Wildman–Crippen MR) is 120 cm³/mol. The summed E-state index contributed by atoms with van der Waals surface area (Å²) in [7, 11) is 1.59. The SMILES string of the molecule is CCOc1c(C=Nn2c(C(C)(C)C)nc3ccc(Br)cc3c2=O)cccc1OC. The molecule has 3 aromatic rings. The highest BCUT2D eigenvalue weighted by Crippen LogP contribution is 2.30. The summed E-state index contributed by atoms with van der Waals surface area (Å²) in [5.74, 6) is 1.78. The fourth-order valence-electron chi connectivity index (χ4n) is 2.96. The zero-order chi connectivity index (χ0) is 21.2. The lowest BCUT2D eigenvalue weighted by molar-refractivity contribution is 0.310. The summed E-state index contributed by atoms with van der Waals surface area (Å²) in [5, 5.41) is 5.01. The van der Waals surface area contributed by atoms with E-state index < -0.39 is 0 Å². The molecule has 7 heteroatoms. The van der Waals surface area contributed by atoms with Crippen LogP contribution >= 0.6 is 15.9 Å². The number of methoxy groups -OCH3 is 1. The van der Waals surface area contributed by atoms with Gasteiger partial charge in [-0.05, 0) is 37.3 Å². The van der Waals surface area contributed by atoms with Gasteiger partial charge in [-0.1, -0.05) is 42.8 Å². The maximum atomic E-state index is 13.2. The van der Waals surface area contributed by atoms with Crippen molar-refractivity contribution in [3.63, 3.8) is 0 Å². The Morgan fingerprint density at radius 1 is 1.24 bits per heavy atom. The summed E-state index contributed by atoms with van der Waals surface area (Å²) >= 11 is 3.42. The van der Waals surface area contributed by atoms with Gasteiger partial charge in [0.2, 0.25) is 0 Å². The third-order valence-electron chi connectivity index (χ3n) is 4.31. The van der Waals surface area contributed by atoms with Gasteiger partial charge in [-0.3, -0.25) is 4.79 Å². The van der Waals surface area contributed by atoms with Crippen LogP contribution in [-0.2, 0) is 5.41 Å². The van der Waals surface area contributed by atoms with Crippen LogP contribution in [0.4, 0.5) is 0 Å². The molecule has 0 atom stereocenters. The topological polar surface area (TPSA) is 65.7 Å². The van der Waals surface area contributed by atoms with Crippen LogP contribution in [0, 0.1) is 0 Å². The van der Waals surface area contributed by atoms with Crippen molar-refractivity contribution in [3.05, 3.63) is 62.6 Å². The van der Waals surface area contributed by atoms with E-state index in [0.29, 0.717) is 40.4 Å². The normalized spacial score (nSPS) is 11.9. The van der Waals surface area contributed by atoms with Gasteiger partial charge in [-0.25, -0.2) is 4.98 Å². The average molecular weight is 458 g/mol. The molecule has 0 fully saturated rings. The van der Waals surface area contributed by atoms with Crippen LogP contribution < -0.4 is 15.0 Å². The highest BCUT2D eigenvalue weighted by atomic mass is 79.9. The molecule has 6 nitrogen and oxygen atoms in total. The van der Waals surface area contributed by atoms with E-state index in [4.69, 9.17) is 14.5 Å². The van der Waals surface area contributed by atoms with Crippen LogP contribution in [-0.4, -0.2) is 29.6 Å². The first kappa shape index (κ1) is 21.0. The molecule has 0 aliphatic carbocycles. The smallest absolute Gasteiger partial charge is 0.282 e.